The first kappa shape index (κ1) is 13.3. The van der Waals surface area contributed by atoms with Crippen LogP contribution < -0.4 is 10.5 Å². The van der Waals surface area contributed by atoms with Crippen LogP contribution in [0.2, 0.25) is 0 Å². The molecule has 21 heavy (non-hydrogen) atoms. The van der Waals surface area contributed by atoms with Gasteiger partial charge in [0.1, 0.15) is 11.5 Å². The van der Waals surface area contributed by atoms with Crippen molar-refractivity contribution in [3.63, 3.8) is 0 Å². The summed E-state index contributed by atoms with van der Waals surface area (Å²) in [5.41, 5.74) is 10.0. The Morgan fingerprint density at radius 2 is 1.05 bits per heavy atom. The maximum absolute atomic E-state index is 5.79. The Morgan fingerprint density at radius 3 is 1.57 bits per heavy atom. The molecule has 2 nitrogen and oxygen atoms in total. The number of aryl methyl sites for hydroxylation is 1. The van der Waals surface area contributed by atoms with Gasteiger partial charge < -0.3 is 10.5 Å². The molecule has 0 unspecified atom stereocenters. The summed E-state index contributed by atoms with van der Waals surface area (Å²) in [6, 6.07) is 24.0. The van der Waals surface area contributed by atoms with Gasteiger partial charge in [0.15, 0.2) is 0 Å². The van der Waals surface area contributed by atoms with Crippen molar-refractivity contribution < 1.29 is 4.74 Å². The van der Waals surface area contributed by atoms with Gasteiger partial charge in [-0.2, -0.15) is 0 Å². The highest BCUT2D eigenvalue weighted by molar-refractivity contribution is 5.64. The quantitative estimate of drug-likeness (QED) is 0.680. The van der Waals surface area contributed by atoms with Crippen LogP contribution >= 0.6 is 0 Å². The maximum atomic E-state index is 5.79. The summed E-state index contributed by atoms with van der Waals surface area (Å²) in [6.45, 7) is 2.09. The Hall–Kier alpha value is -2.74. The Balaban J connectivity index is 1.77. The van der Waals surface area contributed by atoms with E-state index in [1.54, 1.807) is 0 Å². The third-order valence-corrected chi connectivity index (χ3v) is 3.36. The summed E-state index contributed by atoms with van der Waals surface area (Å²) in [7, 11) is 0. The summed E-state index contributed by atoms with van der Waals surface area (Å²) in [4.78, 5) is 0. The lowest BCUT2D eigenvalue weighted by Crippen LogP contribution is -1.87. The van der Waals surface area contributed by atoms with Gasteiger partial charge in [0.05, 0.1) is 0 Å². The lowest BCUT2D eigenvalue weighted by molar-refractivity contribution is 0.483. The normalized spacial score (nSPS) is 10.3. The van der Waals surface area contributed by atoms with Gasteiger partial charge in [0, 0.05) is 5.69 Å². The topological polar surface area (TPSA) is 35.2 Å². The molecule has 0 aliphatic carbocycles. The molecule has 0 amide bonds. The number of ether oxygens (including phenoxy) is 1. The smallest absolute Gasteiger partial charge is 0.127 e. The fourth-order valence-electron chi connectivity index (χ4n) is 2.13. The van der Waals surface area contributed by atoms with E-state index in [2.05, 4.69) is 43.3 Å². The first-order valence-corrected chi connectivity index (χ1v) is 6.91. The van der Waals surface area contributed by atoms with Crippen LogP contribution in [0.15, 0.2) is 72.8 Å². The predicted molar refractivity (Wildman–Crippen MR) is 87.5 cm³/mol. The standard InChI is InChI=1S/C19H17NO/c1-14-2-4-15(5-3-14)16-6-10-18(11-7-16)21-19-12-8-17(20)9-13-19/h2-13H,20H2,1H3. The molecule has 2 heteroatoms. The van der Waals surface area contributed by atoms with Gasteiger partial charge in [-0.25, -0.2) is 0 Å². The molecule has 0 heterocycles. The Kier molecular flexibility index (Phi) is 3.61. The van der Waals surface area contributed by atoms with Gasteiger partial charge in [0.2, 0.25) is 0 Å². The van der Waals surface area contributed by atoms with Crippen molar-refractivity contribution in [1.82, 2.24) is 0 Å². The average Bonchev–Trinajstić information content (AvgIpc) is 2.51. The van der Waals surface area contributed by atoms with Crippen LogP contribution in [-0.4, -0.2) is 0 Å². The van der Waals surface area contributed by atoms with Gasteiger partial charge in [-0.1, -0.05) is 42.0 Å². The molecule has 104 valence electrons. The molecule has 0 aliphatic rings. The van der Waals surface area contributed by atoms with Crippen LogP contribution in [0.3, 0.4) is 0 Å². The number of rotatable bonds is 3. The van der Waals surface area contributed by atoms with E-state index in [1.165, 1.54) is 16.7 Å². The van der Waals surface area contributed by atoms with Crippen molar-refractivity contribution in [2.75, 3.05) is 5.73 Å². The first-order valence-electron chi connectivity index (χ1n) is 6.91. The molecule has 0 saturated heterocycles. The van der Waals surface area contributed by atoms with Crippen molar-refractivity contribution in [3.8, 4) is 22.6 Å². The Bertz CT molecular complexity index is 713. The van der Waals surface area contributed by atoms with E-state index in [0.717, 1.165) is 17.2 Å². The molecule has 0 bridgehead atoms. The van der Waals surface area contributed by atoms with E-state index in [4.69, 9.17) is 10.5 Å². The van der Waals surface area contributed by atoms with Crippen molar-refractivity contribution >= 4 is 5.69 Å². The van der Waals surface area contributed by atoms with Crippen LogP contribution in [0.1, 0.15) is 5.56 Å². The second kappa shape index (κ2) is 5.71. The molecule has 0 spiro atoms. The van der Waals surface area contributed by atoms with Gasteiger partial charge in [0.25, 0.3) is 0 Å². The molecule has 3 aromatic carbocycles. The lowest BCUT2D eigenvalue weighted by atomic mass is 10.0. The third-order valence-electron chi connectivity index (χ3n) is 3.36. The third kappa shape index (κ3) is 3.23. The Morgan fingerprint density at radius 1 is 0.619 bits per heavy atom. The maximum Gasteiger partial charge on any atom is 0.127 e. The summed E-state index contributed by atoms with van der Waals surface area (Å²) in [5, 5.41) is 0. The van der Waals surface area contributed by atoms with Gasteiger partial charge in [-0.15, -0.1) is 0 Å². The SMILES string of the molecule is Cc1ccc(-c2ccc(Oc3ccc(N)cc3)cc2)cc1. The molecule has 3 aromatic rings. The zero-order valence-corrected chi connectivity index (χ0v) is 11.9. The molecule has 0 saturated carbocycles. The number of hydrogen-bond donors (Lipinski definition) is 1. The van der Waals surface area contributed by atoms with Gasteiger partial charge in [-0.3, -0.25) is 0 Å². The molecular formula is C19H17NO. The van der Waals surface area contributed by atoms with E-state index in [0.29, 0.717) is 0 Å². The van der Waals surface area contributed by atoms with E-state index in [-0.39, 0.29) is 0 Å². The van der Waals surface area contributed by atoms with E-state index in [1.807, 2.05) is 36.4 Å². The van der Waals surface area contributed by atoms with Crippen LogP contribution in [0.4, 0.5) is 5.69 Å². The predicted octanol–water partition coefficient (Wildman–Crippen LogP) is 5.04. The second-order valence-electron chi connectivity index (χ2n) is 5.06. The summed E-state index contributed by atoms with van der Waals surface area (Å²) >= 11 is 0. The van der Waals surface area contributed by atoms with Crippen LogP contribution in [-0.2, 0) is 0 Å². The van der Waals surface area contributed by atoms with Crippen molar-refractivity contribution in [1.29, 1.82) is 0 Å². The lowest BCUT2D eigenvalue weighted by Gasteiger charge is -2.07. The molecule has 3 rings (SSSR count). The van der Waals surface area contributed by atoms with Crippen molar-refractivity contribution in [3.05, 3.63) is 78.4 Å². The highest BCUT2D eigenvalue weighted by Crippen LogP contribution is 2.26. The average molecular weight is 275 g/mol. The molecule has 0 aliphatic heterocycles. The Labute approximate surface area is 124 Å². The van der Waals surface area contributed by atoms with Gasteiger partial charge >= 0.3 is 0 Å². The zero-order valence-electron chi connectivity index (χ0n) is 11.9. The van der Waals surface area contributed by atoms with Crippen molar-refractivity contribution in [2.45, 2.75) is 6.92 Å². The highest BCUT2D eigenvalue weighted by atomic mass is 16.5. The van der Waals surface area contributed by atoms with Gasteiger partial charge in [-0.05, 0) is 54.4 Å². The largest absolute Gasteiger partial charge is 0.457 e. The highest BCUT2D eigenvalue weighted by Gasteiger charge is 2.00. The van der Waals surface area contributed by atoms with Crippen LogP contribution in [0, 0.1) is 6.92 Å². The van der Waals surface area contributed by atoms with Crippen molar-refractivity contribution in [2.24, 2.45) is 0 Å². The number of hydrogen-bond acceptors (Lipinski definition) is 2. The van der Waals surface area contributed by atoms with E-state index in [9.17, 15) is 0 Å². The monoisotopic (exact) mass is 275 g/mol. The van der Waals surface area contributed by atoms with Crippen LogP contribution in [0.25, 0.3) is 11.1 Å². The molecule has 0 atom stereocenters. The molecule has 0 fully saturated rings. The van der Waals surface area contributed by atoms with Crippen LogP contribution in [0.5, 0.6) is 11.5 Å². The summed E-state index contributed by atoms with van der Waals surface area (Å²) in [5.74, 6) is 1.60. The minimum absolute atomic E-state index is 0.733. The minimum Gasteiger partial charge on any atom is -0.457 e. The zero-order chi connectivity index (χ0) is 14.7. The number of nitrogens with two attached hydrogens (primary N) is 1. The fraction of sp³-hybridized carbons (Fsp3) is 0.0526. The molecule has 0 aromatic heterocycles. The number of nitrogen functional groups attached to an aromatic ring is 1. The number of benzene rings is 3. The first-order chi connectivity index (χ1) is 10.2. The molecule has 0 radical (unpaired) electrons. The number of anilines is 1. The van der Waals surface area contributed by atoms with E-state index < -0.39 is 0 Å². The second-order valence-corrected chi connectivity index (χ2v) is 5.06. The van der Waals surface area contributed by atoms with E-state index >= 15 is 0 Å². The summed E-state index contributed by atoms with van der Waals surface area (Å²) < 4.78 is 5.79. The molecule has 2 N–H and O–H groups in total. The minimum atomic E-state index is 0.733. The molecular weight excluding hydrogens is 258 g/mol. The fourth-order valence-corrected chi connectivity index (χ4v) is 2.13. The summed E-state index contributed by atoms with van der Waals surface area (Å²) in [6.07, 6.45) is 0.